The van der Waals surface area contributed by atoms with Gasteiger partial charge in [0.2, 0.25) is 0 Å². The third-order valence-electron chi connectivity index (χ3n) is 4.06. The average molecular weight is 328 g/mol. The van der Waals surface area contributed by atoms with E-state index in [1.54, 1.807) is 0 Å². The number of hydrogen-bond donors (Lipinski definition) is 0. The second-order valence-electron chi connectivity index (χ2n) is 5.90. The van der Waals surface area contributed by atoms with Crippen LogP contribution in [0, 0.1) is 0 Å². The summed E-state index contributed by atoms with van der Waals surface area (Å²) in [5.74, 6) is 1.40. The van der Waals surface area contributed by atoms with Gasteiger partial charge in [-0.2, -0.15) is 0 Å². The number of fused-ring (bicyclic) bond motifs is 1. The first-order valence-electron chi connectivity index (χ1n) is 9.06. The second-order valence-corrected chi connectivity index (χ2v) is 5.90. The van der Waals surface area contributed by atoms with Gasteiger partial charge in [-0.05, 0) is 19.3 Å². The van der Waals surface area contributed by atoms with Gasteiger partial charge in [0, 0.05) is 26.1 Å². The fourth-order valence-corrected chi connectivity index (χ4v) is 2.82. The summed E-state index contributed by atoms with van der Waals surface area (Å²) < 4.78 is 19.8. The van der Waals surface area contributed by atoms with Crippen LogP contribution in [0.2, 0.25) is 0 Å². The van der Waals surface area contributed by atoms with Crippen molar-refractivity contribution >= 4 is 5.84 Å². The normalized spacial score (nSPS) is 24.7. The van der Waals surface area contributed by atoms with Crippen LogP contribution in [-0.2, 0) is 18.9 Å². The highest BCUT2D eigenvalue weighted by Gasteiger charge is 2.16. The minimum absolute atomic E-state index is 0.778. The lowest BCUT2D eigenvalue weighted by molar-refractivity contribution is -0.0334. The highest BCUT2D eigenvalue weighted by Crippen LogP contribution is 2.15. The van der Waals surface area contributed by atoms with Crippen molar-refractivity contribution in [2.75, 3.05) is 72.5 Å². The predicted octanol–water partition coefficient (Wildman–Crippen LogP) is 1.73. The Morgan fingerprint density at radius 3 is 1.65 bits per heavy atom. The molecule has 134 valence electrons. The molecule has 0 atom stereocenters. The first-order chi connectivity index (χ1) is 11.5. The lowest BCUT2D eigenvalue weighted by atomic mass is 10.2. The van der Waals surface area contributed by atoms with Crippen molar-refractivity contribution in [3.63, 3.8) is 0 Å². The highest BCUT2D eigenvalue weighted by molar-refractivity contribution is 5.83. The molecular formula is C17H32N2O4. The van der Waals surface area contributed by atoms with Gasteiger partial charge in [0.15, 0.2) is 0 Å². The van der Waals surface area contributed by atoms with Crippen LogP contribution in [0.15, 0.2) is 4.99 Å². The molecule has 0 aromatic heterocycles. The molecule has 0 amide bonds. The van der Waals surface area contributed by atoms with E-state index in [-0.39, 0.29) is 0 Å². The first-order valence-corrected chi connectivity index (χ1v) is 9.06. The van der Waals surface area contributed by atoms with Crippen molar-refractivity contribution in [3.05, 3.63) is 0 Å². The molecule has 0 saturated carbocycles. The fraction of sp³-hybridized carbons (Fsp3) is 0.941. The molecule has 0 aromatic rings. The standard InChI is InChI=1S/C9H16N2.2C4H8O2/c1-2-5-9-10-6-4-8-11(9)7-3-1;2*1-2-6-4-3-5-1/h1-8H2;2*1-4H2. The number of aliphatic imine (C=N–C) groups is 1. The Kier molecular flexibility index (Phi) is 10.3. The molecule has 4 aliphatic heterocycles. The smallest absolute Gasteiger partial charge is 0.0988 e. The summed E-state index contributed by atoms with van der Waals surface area (Å²) >= 11 is 0. The van der Waals surface area contributed by atoms with Crippen LogP contribution < -0.4 is 0 Å². The van der Waals surface area contributed by atoms with E-state index in [2.05, 4.69) is 9.89 Å². The molecule has 0 aliphatic carbocycles. The van der Waals surface area contributed by atoms with Crippen LogP contribution in [0.1, 0.15) is 32.1 Å². The number of hydrogen-bond acceptors (Lipinski definition) is 6. The lowest BCUT2D eigenvalue weighted by Gasteiger charge is -2.27. The molecule has 6 nitrogen and oxygen atoms in total. The lowest BCUT2D eigenvalue weighted by Crippen LogP contribution is -2.34. The van der Waals surface area contributed by atoms with Crippen molar-refractivity contribution < 1.29 is 18.9 Å². The molecule has 3 fully saturated rings. The van der Waals surface area contributed by atoms with Gasteiger partial charge in [-0.25, -0.2) is 0 Å². The van der Waals surface area contributed by atoms with Crippen molar-refractivity contribution in [2.45, 2.75) is 32.1 Å². The average Bonchev–Trinajstić information content (AvgIpc) is 2.91. The van der Waals surface area contributed by atoms with Crippen LogP contribution in [0.4, 0.5) is 0 Å². The van der Waals surface area contributed by atoms with E-state index in [1.165, 1.54) is 51.0 Å². The molecular weight excluding hydrogens is 296 g/mol. The van der Waals surface area contributed by atoms with Crippen LogP contribution >= 0.6 is 0 Å². The van der Waals surface area contributed by atoms with Gasteiger partial charge in [-0.1, -0.05) is 6.42 Å². The van der Waals surface area contributed by atoms with Crippen LogP contribution in [0.25, 0.3) is 0 Å². The molecule has 6 heteroatoms. The Bertz CT molecular complexity index is 283. The summed E-state index contributed by atoms with van der Waals surface area (Å²) in [4.78, 5) is 7.04. The van der Waals surface area contributed by atoms with E-state index in [9.17, 15) is 0 Å². The highest BCUT2D eigenvalue weighted by atomic mass is 16.6. The largest absolute Gasteiger partial charge is 0.377 e. The Morgan fingerprint density at radius 1 is 0.609 bits per heavy atom. The minimum atomic E-state index is 0.778. The van der Waals surface area contributed by atoms with E-state index in [4.69, 9.17) is 18.9 Å². The summed E-state index contributed by atoms with van der Waals surface area (Å²) in [5.41, 5.74) is 0. The van der Waals surface area contributed by atoms with Gasteiger partial charge >= 0.3 is 0 Å². The monoisotopic (exact) mass is 328 g/mol. The van der Waals surface area contributed by atoms with Gasteiger partial charge in [-0.3, -0.25) is 4.99 Å². The second kappa shape index (κ2) is 12.7. The minimum Gasteiger partial charge on any atom is -0.377 e. The molecule has 4 heterocycles. The van der Waals surface area contributed by atoms with Gasteiger partial charge in [0.25, 0.3) is 0 Å². The fourth-order valence-electron chi connectivity index (χ4n) is 2.82. The van der Waals surface area contributed by atoms with E-state index < -0.39 is 0 Å². The third kappa shape index (κ3) is 8.65. The summed E-state index contributed by atoms with van der Waals surface area (Å²) in [6.07, 6.45) is 6.63. The van der Waals surface area contributed by atoms with Gasteiger partial charge in [-0.15, -0.1) is 0 Å². The van der Waals surface area contributed by atoms with Crippen molar-refractivity contribution in [1.29, 1.82) is 0 Å². The van der Waals surface area contributed by atoms with Gasteiger partial charge in [0.1, 0.15) is 0 Å². The predicted molar refractivity (Wildman–Crippen MR) is 90.2 cm³/mol. The SMILES string of the molecule is C1CCC2=NCCCN2CC1.C1COCCO1.C1COCCO1. The zero-order valence-corrected chi connectivity index (χ0v) is 14.3. The molecule has 4 rings (SSSR count). The molecule has 0 radical (unpaired) electrons. The van der Waals surface area contributed by atoms with Gasteiger partial charge < -0.3 is 23.8 Å². The maximum atomic E-state index is 4.94. The Balaban J connectivity index is 0.000000136. The molecule has 3 saturated heterocycles. The van der Waals surface area contributed by atoms with Crippen molar-refractivity contribution in [1.82, 2.24) is 4.90 Å². The Hall–Kier alpha value is -0.690. The topological polar surface area (TPSA) is 52.5 Å². The Labute approximate surface area is 140 Å². The molecule has 0 N–H and O–H groups in total. The molecule has 0 unspecified atom stereocenters. The number of ether oxygens (including phenoxy) is 4. The maximum absolute atomic E-state index is 4.94. The molecule has 23 heavy (non-hydrogen) atoms. The van der Waals surface area contributed by atoms with Crippen molar-refractivity contribution in [3.8, 4) is 0 Å². The quantitative estimate of drug-likeness (QED) is 0.678. The summed E-state index contributed by atoms with van der Waals surface area (Å²) in [6.45, 7) is 9.82. The molecule has 0 bridgehead atoms. The zero-order valence-electron chi connectivity index (χ0n) is 14.3. The molecule has 4 aliphatic rings. The van der Waals surface area contributed by atoms with Crippen LogP contribution in [0.5, 0.6) is 0 Å². The van der Waals surface area contributed by atoms with Crippen molar-refractivity contribution in [2.24, 2.45) is 4.99 Å². The zero-order chi connectivity index (χ0) is 16.0. The molecule has 0 aromatic carbocycles. The van der Waals surface area contributed by atoms with E-state index in [1.807, 2.05) is 0 Å². The van der Waals surface area contributed by atoms with E-state index in [0.29, 0.717) is 0 Å². The maximum Gasteiger partial charge on any atom is 0.0988 e. The summed E-state index contributed by atoms with van der Waals surface area (Å²) in [7, 11) is 0. The number of amidine groups is 1. The molecule has 0 spiro atoms. The number of rotatable bonds is 0. The summed E-state index contributed by atoms with van der Waals surface area (Å²) in [5, 5.41) is 0. The van der Waals surface area contributed by atoms with Crippen LogP contribution in [0.3, 0.4) is 0 Å². The Morgan fingerprint density at radius 2 is 1.13 bits per heavy atom. The van der Waals surface area contributed by atoms with Crippen LogP contribution in [-0.4, -0.2) is 83.2 Å². The van der Waals surface area contributed by atoms with Gasteiger partial charge in [0.05, 0.1) is 58.7 Å². The third-order valence-corrected chi connectivity index (χ3v) is 4.06. The summed E-state index contributed by atoms with van der Waals surface area (Å²) in [6, 6.07) is 0. The first kappa shape index (κ1) is 18.6. The van der Waals surface area contributed by atoms with E-state index >= 15 is 0 Å². The number of nitrogens with zero attached hydrogens (tertiary/aromatic N) is 2. The van der Waals surface area contributed by atoms with E-state index in [0.717, 1.165) is 59.4 Å².